The molecule has 2 rings (SSSR count). The monoisotopic (exact) mass is 230 g/mol. The number of ether oxygens (including phenoxy) is 1. The molecule has 0 bridgehead atoms. The first kappa shape index (κ1) is 11.9. The average Bonchev–Trinajstić information content (AvgIpc) is 2.38. The van der Waals surface area contributed by atoms with Crippen LogP contribution in [0.4, 0.5) is 5.69 Å². The summed E-state index contributed by atoms with van der Waals surface area (Å²) in [6.07, 6.45) is 2.28. The minimum atomic E-state index is 0.708. The summed E-state index contributed by atoms with van der Waals surface area (Å²) >= 11 is 0. The fourth-order valence-corrected chi connectivity index (χ4v) is 2.11. The Kier molecular flexibility index (Phi) is 4.00. The zero-order valence-corrected chi connectivity index (χ0v) is 10.2. The minimum absolute atomic E-state index is 0.708. The van der Waals surface area contributed by atoms with Crippen molar-refractivity contribution in [2.24, 2.45) is 5.92 Å². The standard InChI is InChI=1S/C14H18N2O/c1-11-8-14(3-2-13(11)9-15)16-10-12-4-6-17-7-5-12/h2-3,8,12,16H,4-7,10H2,1H3. The van der Waals surface area contributed by atoms with E-state index in [0.29, 0.717) is 5.92 Å². The Morgan fingerprint density at radius 2 is 2.18 bits per heavy atom. The quantitative estimate of drug-likeness (QED) is 0.868. The lowest BCUT2D eigenvalue weighted by molar-refractivity contribution is 0.0699. The molecular formula is C14H18N2O. The highest BCUT2D eigenvalue weighted by atomic mass is 16.5. The summed E-state index contributed by atoms with van der Waals surface area (Å²) in [5.41, 5.74) is 2.89. The Labute approximate surface area is 102 Å². The van der Waals surface area contributed by atoms with E-state index < -0.39 is 0 Å². The molecule has 1 aliphatic heterocycles. The maximum absolute atomic E-state index is 8.86. The molecule has 1 aliphatic rings. The number of nitrogens with one attached hydrogen (secondary N) is 1. The van der Waals surface area contributed by atoms with Crippen LogP contribution in [0.5, 0.6) is 0 Å². The predicted octanol–water partition coefficient (Wildman–Crippen LogP) is 2.71. The molecule has 3 heteroatoms. The summed E-state index contributed by atoms with van der Waals surface area (Å²) in [6, 6.07) is 8.08. The SMILES string of the molecule is Cc1cc(NCC2CCOCC2)ccc1C#N. The molecule has 1 aromatic carbocycles. The normalized spacial score (nSPS) is 16.5. The highest BCUT2D eigenvalue weighted by molar-refractivity contribution is 5.51. The first-order valence-corrected chi connectivity index (χ1v) is 6.12. The summed E-state index contributed by atoms with van der Waals surface area (Å²) in [5, 5.41) is 12.3. The second-order valence-corrected chi connectivity index (χ2v) is 4.58. The third-order valence-electron chi connectivity index (χ3n) is 3.28. The van der Waals surface area contributed by atoms with Crippen molar-refractivity contribution < 1.29 is 4.74 Å². The van der Waals surface area contributed by atoms with E-state index in [1.54, 1.807) is 0 Å². The van der Waals surface area contributed by atoms with Crippen molar-refractivity contribution >= 4 is 5.69 Å². The van der Waals surface area contributed by atoms with Crippen LogP contribution in [-0.2, 0) is 4.74 Å². The molecule has 0 atom stereocenters. The van der Waals surface area contributed by atoms with E-state index in [-0.39, 0.29) is 0 Å². The summed E-state index contributed by atoms with van der Waals surface area (Å²) in [6.45, 7) is 4.74. The molecule has 1 heterocycles. The topological polar surface area (TPSA) is 45.0 Å². The molecule has 0 amide bonds. The van der Waals surface area contributed by atoms with Crippen LogP contribution in [0.2, 0.25) is 0 Å². The summed E-state index contributed by atoms with van der Waals surface area (Å²) in [7, 11) is 0. The fraction of sp³-hybridized carbons (Fsp3) is 0.500. The van der Waals surface area contributed by atoms with Crippen molar-refractivity contribution in [3.05, 3.63) is 29.3 Å². The highest BCUT2D eigenvalue weighted by Crippen LogP contribution is 2.18. The van der Waals surface area contributed by atoms with Gasteiger partial charge in [-0.15, -0.1) is 0 Å². The highest BCUT2D eigenvalue weighted by Gasteiger charge is 2.13. The zero-order chi connectivity index (χ0) is 12.1. The number of nitrogens with zero attached hydrogens (tertiary/aromatic N) is 1. The van der Waals surface area contributed by atoms with Crippen LogP contribution < -0.4 is 5.32 Å². The van der Waals surface area contributed by atoms with Gasteiger partial charge in [0.15, 0.2) is 0 Å². The Hall–Kier alpha value is -1.53. The molecule has 1 fully saturated rings. The lowest BCUT2D eigenvalue weighted by Crippen LogP contribution is -2.22. The number of benzene rings is 1. The van der Waals surface area contributed by atoms with Gasteiger partial charge in [-0.3, -0.25) is 0 Å². The van der Waals surface area contributed by atoms with E-state index in [1.165, 1.54) is 0 Å². The average molecular weight is 230 g/mol. The Morgan fingerprint density at radius 1 is 1.41 bits per heavy atom. The van der Waals surface area contributed by atoms with Crippen LogP contribution in [0.25, 0.3) is 0 Å². The molecule has 0 unspecified atom stereocenters. The summed E-state index contributed by atoms with van der Waals surface area (Å²) < 4.78 is 5.34. The van der Waals surface area contributed by atoms with Gasteiger partial charge in [0, 0.05) is 25.4 Å². The lowest BCUT2D eigenvalue weighted by atomic mass is 10.0. The third kappa shape index (κ3) is 3.21. The van der Waals surface area contributed by atoms with Gasteiger partial charge in [0.2, 0.25) is 0 Å². The van der Waals surface area contributed by atoms with Crippen LogP contribution in [0.1, 0.15) is 24.0 Å². The van der Waals surface area contributed by atoms with Gasteiger partial charge in [-0.05, 0) is 49.4 Å². The second-order valence-electron chi connectivity index (χ2n) is 4.58. The van der Waals surface area contributed by atoms with Gasteiger partial charge in [0.05, 0.1) is 11.6 Å². The van der Waals surface area contributed by atoms with E-state index >= 15 is 0 Å². The van der Waals surface area contributed by atoms with Crippen molar-refractivity contribution in [3.63, 3.8) is 0 Å². The molecule has 0 aliphatic carbocycles. The Balaban J connectivity index is 1.90. The summed E-state index contributed by atoms with van der Waals surface area (Å²) in [4.78, 5) is 0. The van der Waals surface area contributed by atoms with E-state index in [4.69, 9.17) is 10.00 Å². The molecule has 1 saturated heterocycles. The molecule has 1 N–H and O–H groups in total. The van der Waals surface area contributed by atoms with Crippen LogP contribution in [-0.4, -0.2) is 19.8 Å². The maximum atomic E-state index is 8.86. The van der Waals surface area contributed by atoms with Crippen LogP contribution in [0, 0.1) is 24.2 Å². The van der Waals surface area contributed by atoms with Crippen LogP contribution >= 0.6 is 0 Å². The number of hydrogen-bond acceptors (Lipinski definition) is 3. The predicted molar refractivity (Wildman–Crippen MR) is 67.9 cm³/mol. The number of rotatable bonds is 3. The first-order valence-electron chi connectivity index (χ1n) is 6.12. The van der Waals surface area contributed by atoms with Gasteiger partial charge in [-0.25, -0.2) is 0 Å². The molecular weight excluding hydrogens is 212 g/mol. The first-order chi connectivity index (χ1) is 8.29. The minimum Gasteiger partial charge on any atom is -0.385 e. The van der Waals surface area contributed by atoms with E-state index in [9.17, 15) is 0 Å². The summed E-state index contributed by atoms with van der Waals surface area (Å²) in [5.74, 6) is 0.708. The smallest absolute Gasteiger partial charge is 0.0994 e. The molecule has 1 aromatic rings. The van der Waals surface area contributed by atoms with Gasteiger partial charge >= 0.3 is 0 Å². The van der Waals surface area contributed by atoms with Crippen molar-refractivity contribution in [2.75, 3.05) is 25.1 Å². The number of nitriles is 1. The Morgan fingerprint density at radius 3 is 2.82 bits per heavy atom. The van der Waals surface area contributed by atoms with Gasteiger partial charge < -0.3 is 10.1 Å². The van der Waals surface area contributed by atoms with Gasteiger partial charge in [0.1, 0.15) is 0 Å². The number of aryl methyl sites for hydroxylation is 1. The molecule has 0 spiro atoms. The molecule has 0 aromatic heterocycles. The van der Waals surface area contributed by atoms with E-state index in [0.717, 1.165) is 49.4 Å². The van der Waals surface area contributed by atoms with Crippen LogP contribution in [0.3, 0.4) is 0 Å². The van der Waals surface area contributed by atoms with E-state index in [1.807, 2.05) is 25.1 Å². The third-order valence-corrected chi connectivity index (χ3v) is 3.28. The second kappa shape index (κ2) is 5.70. The lowest BCUT2D eigenvalue weighted by Gasteiger charge is -2.22. The van der Waals surface area contributed by atoms with Gasteiger partial charge in [-0.1, -0.05) is 0 Å². The zero-order valence-electron chi connectivity index (χ0n) is 10.2. The molecule has 3 nitrogen and oxygen atoms in total. The number of hydrogen-bond donors (Lipinski definition) is 1. The van der Waals surface area contributed by atoms with E-state index in [2.05, 4.69) is 11.4 Å². The van der Waals surface area contributed by atoms with Crippen molar-refractivity contribution in [3.8, 4) is 6.07 Å². The number of anilines is 1. The Bertz CT molecular complexity index is 417. The maximum Gasteiger partial charge on any atom is 0.0994 e. The van der Waals surface area contributed by atoms with Crippen molar-refractivity contribution in [1.29, 1.82) is 5.26 Å². The fourth-order valence-electron chi connectivity index (χ4n) is 2.11. The van der Waals surface area contributed by atoms with Gasteiger partial charge in [-0.2, -0.15) is 5.26 Å². The van der Waals surface area contributed by atoms with Crippen molar-refractivity contribution in [2.45, 2.75) is 19.8 Å². The van der Waals surface area contributed by atoms with Crippen LogP contribution in [0.15, 0.2) is 18.2 Å². The largest absolute Gasteiger partial charge is 0.385 e. The van der Waals surface area contributed by atoms with Crippen molar-refractivity contribution in [1.82, 2.24) is 0 Å². The van der Waals surface area contributed by atoms with Gasteiger partial charge in [0.25, 0.3) is 0 Å². The molecule has 17 heavy (non-hydrogen) atoms. The molecule has 90 valence electrons. The molecule has 0 saturated carbocycles. The molecule has 0 radical (unpaired) electrons.